The van der Waals surface area contributed by atoms with Crippen molar-refractivity contribution < 1.29 is 4.79 Å². The number of likely N-dealkylation sites (tertiary alicyclic amines) is 1. The van der Waals surface area contributed by atoms with Gasteiger partial charge in [0.2, 0.25) is 5.91 Å². The van der Waals surface area contributed by atoms with Crippen LogP contribution in [0.1, 0.15) is 40.0 Å². The van der Waals surface area contributed by atoms with E-state index in [0.717, 1.165) is 39.3 Å². The number of hydrogen-bond acceptors (Lipinski definition) is 3. The van der Waals surface area contributed by atoms with Gasteiger partial charge in [-0.05, 0) is 44.7 Å². The van der Waals surface area contributed by atoms with Crippen LogP contribution in [0, 0.1) is 5.41 Å². The molecule has 2 rings (SSSR count). The summed E-state index contributed by atoms with van der Waals surface area (Å²) in [5.41, 5.74) is 0.437. The van der Waals surface area contributed by atoms with E-state index in [9.17, 15) is 4.79 Å². The van der Waals surface area contributed by atoms with Gasteiger partial charge >= 0.3 is 0 Å². The van der Waals surface area contributed by atoms with E-state index in [2.05, 4.69) is 31.0 Å². The minimum atomic E-state index is 0.0481. The molecular weight excluding hydrogens is 238 g/mol. The molecule has 0 aromatic rings. The summed E-state index contributed by atoms with van der Waals surface area (Å²) in [6.45, 7) is 12.5. The molecule has 0 saturated carbocycles. The van der Waals surface area contributed by atoms with Crippen molar-refractivity contribution in [3.8, 4) is 0 Å². The van der Waals surface area contributed by atoms with Crippen LogP contribution in [-0.4, -0.2) is 61.0 Å². The van der Waals surface area contributed by atoms with Gasteiger partial charge in [-0.1, -0.05) is 13.8 Å². The van der Waals surface area contributed by atoms with E-state index >= 15 is 0 Å². The Kier molecular flexibility index (Phi) is 4.85. The first-order chi connectivity index (χ1) is 8.99. The fraction of sp³-hybridized carbons (Fsp3) is 0.933. The summed E-state index contributed by atoms with van der Waals surface area (Å²) in [5.74, 6) is 0.321. The van der Waals surface area contributed by atoms with Crippen molar-refractivity contribution >= 4 is 5.91 Å². The third kappa shape index (κ3) is 3.93. The van der Waals surface area contributed by atoms with E-state index in [0.29, 0.717) is 11.3 Å². The molecule has 2 aliphatic heterocycles. The monoisotopic (exact) mass is 267 g/mol. The SMILES string of the molecule is CC(C(=O)N1CCNCC1)N1CCCC(C)(C)CC1. The lowest BCUT2D eigenvalue weighted by Gasteiger charge is -2.34. The van der Waals surface area contributed by atoms with Gasteiger partial charge in [0, 0.05) is 26.2 Å². The normalized spacial score (nSPS) is 26.8. The molecule has 1 N–H and O–H groups in total. The Morgan fingerprint density at radius 1 is 1.11 bits per heavy atom. The summed E-state index contributed by atoms with van der Waals surface area (Å²) < 4.78 is 0. The molecule has 0 aromatic heterocycles. The molecule has 2 fully saturated rings. The minimum Gasteiger partial charge on any atom is -0.339 e. The molecule has 0 bridgehead atoms. The zero-order chi connectivity index (χ0) is 13.9. The van der Waals surface area contributed by atoms with Crippen molar-refractivity contribution in [1.29, 1.82) is 0 Å². The lowest BCUT2D eigenvalue weighted by Crippen LogP contribution is -2.53. The van der Waals surface area contributed by atoms with Gasteiger partial charge in [0.1, 0.15) is 0 Å². The van der Waals surface area contributed by atoms with Crippen LogP contribution in [-0.2, 0) is 4.79 Å². The molecule has 1 unspecified atom stereocenters. The Hall–Kier alpha value is -0.610. The van der Waals surface area contributed by atoms with Crippen LogP contribution in [0.2, 0.25) is 0 Å². The zero-order valence-electron chi connectivity index (χ0n) is 12.7. The fourth-order valence-electron chi connectivity index (χ4n) is 3.14. The molecular formula is C15H29N3O. The zero-order valence-corrected chi connectivity index (χ0v) is 12.7. The van der Waals surface area contributed by atoms with Gasteiger partial charge in [-0.25, -0.2) is 0 Å². The summed E-state index contributed by atoms with van der Waals surface area (Å²) in [5, 5.41) is 3.30. The molecule has 110 valence electrons. The first-order valence-electron chi connectivity index (χ1n) is 7.73. The van der Waals surface area contributed by atoms with Gasteiger partial charge in [0.25, 0.3) is 0 Å². The number of carbonyl (C=O) groups is 1. The third-order valence-corrected chi connectivity index (χ3v) is 4.71. The molecule has 2 heterocycles. The topological polar surface area (TPSA) is 35.6 Å². The van der Waals surface area contributed by atoms with Gasteiger partial charge < -0.3 is 10.2 Å². The predicted octanol–water partition coefficient (Wildman–Crippen LogP) is 1.32. The minimum absolute atomic E-state index is 0.0481. The quantitative estimate of drug-likeness (QED) is 0.819. The van der Waals surface area contributed by atoms with Crippen molar-refractivity contribution in [1.82, 2.24) is 15.1 Å². The largest absolute Gasteiger partial charge is 0.339 e. The average molecular weight is 267 g/mol. The van der Waals surface area contributed by atoms with E-state index in [4.69, 9.17) is 0 Å². The van der Waals surface area contributed by atoms with E-state index in [-0.39, 0.29) is 6.04 Å². The van der Waals surface area contributed by atoms with Gasteiger partial charge in [0.05, 0.1) is 6.04 Å². The Balaban J connectivity index is 1.91. The van der Waals surface area contributed by atoms with Crippen LogP contribution in [0.15, 0.2) is 0 Å². The standard InChI is InChI=1S/C15H29N3O/c1-13(14(19)18-11-7-16-8-12-18)17-9-4-5-15(2,3)6-10-17/h13,16H,4-12H2,1-3H3. The number of rotatable bonds is 2. The molecule has 2 saturated heterocycles. The Morgan fingerprint density at radius 3 is 2.47 bits per heavy atom. The van der Waals surface area contributed by atoms with Crippen LogP contribution in [0.3, 0.4) is 0 Å². The Morgan fingerprint density at radius 2 is 1.79 bits per heavy atom. The predicted molar refractivity (Wildman–Crippen MR) is 78.1 cm³/mol. The molecule has 0 aromatic carbocycles. The third-order valence-electron chi connectivity index (χ3n) is 4.71. The molecule has 0 aliphatic carbocycles. The molecule has 19 heavy (non-hydrogen) atoms. The molecule has 1 amide bonds. The summed E-state index contributed by atoms with van der Waals surface area (Å²) in [6.07, 6.45) is 3.69. The maximum atomic E-state index is 12.5. The molecule has 0 spiro atoms. The van der Waals surface area contributed by atoms with Crippen molar-refractivity contribution in [2.75, 3.05) is 39.3 Å². The summed E-state index contributed by atoms with van der Waals surface area (Å²) >= 11 is 0. The van der Waals surface area contributed by atoms with Gasteiger partial charge in [-0.3, -0.25) is 9.69 Å². The number of carbonyl (C=O) groups excluding carboxylic acids is 1. The smallest absolute Gasteiger partial charge is 0.239 e. The van der Waals surface area contributed by atoms with Crippen LogP contribution in [0.25, 0.3) is 0 Å². The van der Waals surface area contributed by atoms with Crippen LogP contribution in [0.5, 0.6) is 0 Å². The van der Waals surface area contributed by atoms with Gasteiger partial charge in [0.15, 0.2) is 0 Å². The molecule has 0 radical (unpaired) electrons. The summed E-state index contributed by atoms with van der Waals surface area (Å²) in [4.78, 5) is 16.9. The highest BCUT2D eigenvalue weighted by molar-refractivity contribution is 5.81. The van der Waals surface area contributed by atoms with E-state index in [1.807, 2.05) is 4.90 Å². The second-order valence-corrected chi connectivity index (χ2v) is 6.80. The lowest BCUT2D eigenvalue weighted by atomic mass is 9.85. The van der Waals surface area contributed by atoms with E-state index in [1.165, 1.54) is 19.3 Å². The second-order valence-electron chi connectivity index (χ2n) is 6.80. The highest BCUT2D eigenvalue weighted by Crippen LogP contribution is 2.30. The molecule has 4 nitrogen and oxygen atoms in total. The Labute approximate surface area is 117 Å². The van der Waals surface area contributed by atoms with Crippen molar-refractivity contribution in [2.45, 2.75) is 46.1 Å². The number of nitrogens with one attached hydrogen (secondary N) is 1. The number of amides is 1. The molecule has 2 aliphatic rings. The first-order valence-corrected chi connectivity index (χ1v) is 7.73. The molecule has 4 heteroatoms. The maximum Gasteiger partial charge on any atom is 0.239 e. The van der Waals surface area contributed by atoms with E-state index in [1.54, 1.807) is 0 Å². The van der Waals surface area contributed by atoms with Crippen LogP contribution >= 0.6 is 0 Å². The van der Waals surface area contributed by atoms with Gasteiger partial charge in [-0.15, -0.1) is 0 Å². The number of nitrogens with zero attached hydrogens (tertiary/aromatic N) is 2. The highest BCUT2D eigenvalue weighted by atomic mass is 16.2. The fourth-order valence-corrected chi connectivity index (χ4v) is 3.14. The molecule has 1 atom stereocenters. The number of hydrogen-bond donors (Lipinski definition) is 1. The van der Waals surface area contributed by atoms with Crippen LogP contribution in [0.4, 0.5) is 0 Å². The maximum absolute atomic E-state index is 12.5. The summed E-state index contributed by atoms with van der Waals surface area (Å²) in [7, 11) is 0. The van der Waals surface area contributed by atoms with Crippen LogP contribution < -0.4 is 5.32 Å². The first kappa shape index (κ1) is 14.8. The highest BCUT2D eigenvalue weighted by Gasteiger charge is 2.30. The van der Waals surface area contributed by atoms with Crippen molar-refractivity contribution in [3.63, 3.8) is 0 Å². The van der Waals surface area contributed by atoms with Crippen molar-refractivity contribution in [3.05, 3.63) is 0 Å². The Bertz CT molecular complexity index is 311. The van der Waals surface area contributed by atoms with Crippen molar-refractivity contribution in [2.24, 2.45) is 5.41 Å². The second kappa shape index (κ2) is 6.23. The average Bonchev–Trinajstić information content (AvgIpc) is 2.59. The van der Waals surface area contributed by atoms with E-state index < -0.39 is 0 Å². The lowest BCUT2D eigenvalue weighted by molar-refractivity contribution is -0.137. The summed E-state index contributed by atoms with van der Waals surface area (Å²) in [6, 6.07) is 0.0481. The number of piperazine rings is 1. The van der Waals surface area contributed by atoms with Gasteiger partial charge in [-0.2, -0.15) is 0 Å².